The lowest BCUT2D eigenvalue weighted by Gasteiger charge is -2.45. The van der Waals surface area contributed by atoms with Crippen molar-refractivity contribution in [1.29, 1.82) is 0 Å². The number of pyridine rings is 2. The number of amides is 2. The van der Waals surface area contributed by atoms with E-state index in [9.17, 15) is 14.4 Å². The normalized spacial score (nSPS) is 19.3. The van der Waals surface area contributed by atoms with E-state index in [0.29, 0.717) is 33.8 Å². The van der Waals surface area contributed by atoms with Crippen molar-refractivity contribution in [2.24, 2.45) is 5.41 Å². The topological polar surface area (TPSA) is 106 Å². The number of piperazine rings is 1. The van der Waals surface area contributed by atoms with Crippen LogP contribution in [0.25, 0.3) is 11.1 Å². The molecule has 0 aromatic carbocycles. The van der Waals surface area contributed by atoms with Gasteiger partial charge in [-0.1, -0.05) is 34.6 Å². The van der Waals surface area contributed by atoms with Crippen molar-refractivity contribution in [1.82, 2.24) is 14.9 Å². The maximum atomic E-state index is 13.9. The summed E-state index contributed by atoms with van der Waals surface area (Å²) >= 11 is 0. The van der Waals surface area contributed by atoms with Crippen molar-refractivity contribution in [3.05, 3.63) is 53.0 Å². The average Bonchev–Trinajstić information content (AvgIpc) is 3.37. The molecular weight excluding hydrogens is 532 g/mol. The van der Waals surface area contributed by atoms with Crippen molar-refractivity contribution < 1.29 is 23.5 Å². The van der Waals surface area contributed by atoms with E-state index >= 15 is 0 Å². The second-order valence-electron chi connectivity index (χ2n) is 14.0. The molecule has 3 aromatic rings. The van der Waals surface area contributed by atoms with Gasteiger partial charge in [0.15, 0.2) is 11.3 Å². The molecule has 5 rings (SSSR count). The SMILES string of the molecule is COC(=O)c1ccc(N2CCN(C(=O)c3cc4nc(C5CCC(C)(C)CC5)cc(C(C)(C)C)c4o3)C(C)(C)C2=O)nc1. The molecule has 0 bridgehead atoms. The third-order valence-electron chi connectivity index (χ3n) is 8.96. The van der Waals surface area contributed by atoms with Crippen LogP contribution < -0.4 is 4.90 Å². The van der Waals surface area contributed by atoms with Crippen molar-refractivity contribution in [2.45, 2.75) is 91.0 Å². The Labute approximate surface area is 247 Å². The van der Waals surface area contributed by atoms with Crippen LogP contribution in [0.1, 0.15) is 112 Å². The number of hydrogen-bond donors (Lipinski definition) is 0. The van der Waals surface area contributed by atoms with Gasteiger partial charge in [-0.15, -0.1) is 0 Å². The number of fused-ring (bicyclic) bond motifs is 1. The first kappa shape index (κ1) is 29.7. The van der Waals surface area contributed by atoms with Crippen LogP contribution >= 0.6 is 0 Å². The molecule has 0 spiro atoms. The smallest absolute Gasteiger partial charge is 0.339 e. The number of aromatic nitrogens is 2. The molecule has 3 aromatic heterocycles. The molecule has 2 fully saturated rings. The Hall–Kier alpha value is -3.75. The maximum Gasteiger partial charge on any atom is 0.339 e. The quantitative estimate of drug-likeness (QED) is 0.339. The molecule has 0 atom stereocenters. The summed E-state index contributed by atoms with van der Waals surface area (Å²) in [5.41, 5.74) is 2.71. The van der Waals surface area contributed by atoms with E-state index in [1.807, 2.05) is 0 Å². The predicted molar refractivity (Wildman–Crippen MR) is 161 cm³/mol. The molecule has 0 unspecified atom stereocenters. The monoisotopic (exact) mass is 574 g/mol. The van der Waals surface area contributed by atoms with Crippen LogP contribution in [0.4, 0.5) is 5.82 Å². The zero-order valence-electron chi connectivity index (χ0n) is 26.0. The van der Waals surface area contributed by atoms with Crippen LogP contribution in [0.15, 0.2) is 34.9 Å². The van der Waals surface area contributed by atoms with Gasteiger partial charge in [0.25, 0.3) is 11.8 Å². The van der Waals surface area contributed by atoms with Gasteiger partial charge < -0.3 is 14.1 Å². The Balaban J connectivity index is 1.43. The Kier molecular flexibility index (Phi) is 7.44. The first-order valence-corrected chi connectivity index (χ1v) is 14.8. The third kappa shape index (κ3) is 5.41. The minimum Gasteiger partial charge on any atom is -0.465 e. The van der Waals surface area contributed by atoms with Crippen molar-refractivity contribution in [3.63, 3.8) is 0 Å². The largest absolute Gasteiger partial charge is 0.465 e. The molecule has 1 aliphatic heterocycles. The number of anilines is 1. The Morgan fingerprint density at radius 3 is 2.33 bits per heavy atom. The third-order valence-corrected chi connectivity index (χ3v) is 8.96. The van der Waals surface area contributed by atoms with Crippen LogP contribution in [0, 0.1) is 5.41 Å². The van der Waals surface area contributed by atoms with E-state index in [2.05, 4.69) is 45.7 Å². The molecule has 4 heterocycles. The van der Waals surface area contributed by atoms with Gasteiger partial charge in [-0.25, -0.2) is 14.8 Å². The molecular formula is C33H42N4O5. The van der Waals surface area contributed by atoms with Gasteiger partial charge in [0.05, 0.1) is 12.7 Å². The molecule has 1 saturated heterocycles. The molecule has 0 N–H and O–H groups in total. The minimum atomic E-state index is -1.16. The van der Waals surface area contributed by atoms with Crippen LogP contribution in [0.3, 0.4) is 0 Å². The summed E-state index contributed by atoms with van der Waals surface area (Å²) in [7, 11) is 1.30. The number of rotatable bonds is 4. The van der Waals surface area contributed by atoms with Gasteiger partial charge in [0, 0.05) is 42.5 Å². The number of nitrogens with zero attached hydrogens (tertiary/aromatic N) is 4. The first-order chi connectivity index (χ1) is 19.6. The van der Waals surface area contributed by atoms with E-state index < -0.39 is 11.5 Å². The fourth-order valence-corrected chi connectivity index (χ4v) is 6.13. The van der Waals surface area contributed by atoms with Crippen LogP contribution in [-0.2, 0) is 14.9 Å². The second-order valence-corrected chi connectivity index (χ2v) is 14.0. The summed E-state index contributed by atoms with van der Waals surface area (Å²) in [6, 6.07) is 7.10. The molecule has 2 amide bonds. The summed E-state index contributed by atoms with van der Waals surface area (Å²) in [6.45, 7) is 15.1. The molecule has 9 nitrogen and oxygen atoms in total. The van der Waals surface area contributed by atoms with Gasteiger partial charge in [-0.05, 0) is 68.6 Å². The lowest BCUT2D eigenvalue weighted by atomic mass is 9.72. The number of esters is 1. The average molecular weight is 575 g/mol. The molecule has 1 saturated carbocycles. The van der Waals surface area contributed by atoms with Gasteiger partial charge >= 0.3 is 5.97 Å². The Morgan fingerprint density at radius 1 is 1.05 bits per heavy atom. The highest BCUT2D eigenvalue weighted by atomic mass is 16.5. The van der Waals surface area contributed by atoms with E-state index in [-0.39, 0.29) is 36.1 Å². The number of hydrogen-bond acceptors (Lipinski definition) is 7. The lowest BCUT2D eigenvalue weighted by molar-refractivity contribution is -0.129. The van der Waals surface area contributed by atoms with E-state index in [1.54, 1.807) is 41.8 Å². The number of carbonyl (C=O) groups is 3. The minimum absolute atomic E-state index is 0.180. The lowest BCUT2D eigenvalue weighted by Crippen LogP contribution is -2.64. The van der Waals surface area contributed by atoms with Crippen molar-refractivity contribution in [2.75, 3.05) is 25.1 Å². The standard InChI is InChI=1S/C33H42N4O5/c1-31(2,3)22-17-23(20-11-13-32(4,5)14-12-20)35-24-18-25(42-27(22)24)28(38)37-16-15-36(30(40)33(37,6)7)26-10-9-21(19-34-26)29(39)41-8/h9-10,17-20H,11-16H2,1-8H3. The Bertz CT molecular complexity index is 1520. The van der Waals surface area contributed by atoms with Gasteiger partial charge in [0.2, 0.25) is 0 Å². The first-order valence-electron chi connectivity index (χ1n) is 14.8. The van der Waals surface area contributed by atoms with Crippen LogP contribution in [0.2, 0.25) is 0 Å². The van der Waals surface area contributed by atoms with Crippen LogP contribution in [0.5, 0.6) is 0 Å². The second kappa shape index (κ2) is 10.5. The van der Waals surface area contributed by atoms with E-state index in [0.717, 1.165) is 36.9 Å². The molecule has 42 heavy (non-hydrogen) atoms. The zero-order chi connectivity index (χ0) is 30.6. The zero-order valence-corrected chi connectivity index (χ0v) is 26.0. The number of furan rings is 1. The fraction of sp³-hybridized carbons (Fsp3) is 0.545. The van der Waals surface area contributed by atoms with Gasteiger partial charge in [0.1, 0.15) is 16.9 Å². The molecule has 1 aliphatic carbocycles. The molecule has 9 heteroatoms. The highest BCUT2D eigenvalue weighted by Crippen LogP contribution is 2.43. The summed E-state index contributed by atoms with van der Waals surface area (Å²) < 4.78 is 11.0. The summed E-state index contributed by atoms with van der Waals surface area (Å²) in [5.74, 6) is -0.138. The summed E-state index contributed by atoms with van der Waals surface area (Å²) in [5, 5.41) is 0. The predicted octanol–water partition coefficient (Wildman–Crippen LogP) is 6.26. The van der Waals surface area contributed by atoms with Crippen molar-refractivity contribution in [3.8, 4) is 0 Å². The van der Waals surface area contributed by atoms with Crippen LogP contribution in [-0.4, -0.2) is 58.4 Å². The maximum absolute atomic E-state index is 13.9. The summed E-state index contributed by atoms with van der Waals surface area (Å²) in [6.07, 6.45) is 5.91. The van der Waals surface area contributed by atoms with E-state index in [1.165, 1.54) is 13.3 Å². The molecule has 224 valence electrons. The highest BCUT2D eigenvalue weighted by molar-refractivity contribution is 6.05. The van der Waals surface area contributed by atoms with Gasteiger partial charge in [-0.3, -0.25) is 14.5 Å². The highest BCUT2D eigenvalue weighted by Gasteiger charge is 2.46. The van der Waals surface area contributed by atoms with Gasteiger partial charge in [-0.2, -0.15) is 0 Å². The number of carbonyl (C=O) groups excluding carboxylic acids is 3. The Morgan fingerprint density at radius 2 is 1.74 bits per heavy atom. The van der Waals surface area contributed by atoms with Crippen molar-refractivity contribution >= 4 is 34.7 Å². The van der Waals surface area contributed by atoms with E-state index in [4.69, 9.17) is 14.1 Å². The number of methoxy groups -OCH3 is 1. The fourth-order valence-electron chi connectivity index (χ4n) is 6.13. The molecule has 0 radical (unpaired) electrons. The molecule has 2 aliphatic rings. The summed E-state index contributed by atoms with van der Waals surface area (Å²) in [4.78, 5) is 51.8. The number of ether oxygens (including phenoxy) is 1.